The van der Waals surface area contributed by atoms with Crippen molar-refractivity contribution < 1.29 is 9.47 Å². The number of hydrogen-bond donors (Lipinski definition) is 0. The Bertz CT molecular complexity index is 1470. The van der Waals surface area contributed by atoms with Crippen molar-refractivity contribution in [2.75, 3.05) is 7.11 Å². The van der Waals surface area contributed by atoms with E-state index in [0.717, 1.165) is 10.0 Å². The summed E-state index contributed by atoms with van der Waals surface area (Å²) in [6, 6.07) is 20.1. The lowest BCUT2D eigenvalue weighted by Gasteiger charge is -2.14. The van der Waals surface area contributed by atoms with Crippen molar-refractivity contribution in [1.82, 2.24) is 9.66 Å². The first-order valence-corrected chi connectivity index (χ1v) is 10.8. The van der Waals surface area contributed by atoms with Gasteiger partial charge >= 0.3 is 0 Å². The maximum Gasteiger partial charge on any atom is 0.282 e. The summed E-state index contributed by atoms with van der Waals surface area (Å²) in [5, 5.41) is 14.2. The number of ether oxygens (including phenoxy) is 2. The van der Waals surface area contributed by atoms with Gasteiger partial charge in [0.1, 0.15) is 12.4 Å². The van der Waals surface area contributed by atoms with Crippen LogP contribution in [0.5, 0.6) is 11.5 Å². The van der Waals surface area contributed by atoms with Gasteiger partial charge in [0, 0.05) is 15.6 Å². The molecule has 7 nitrogen and oxygen atoms in total. The van der Waals surface area contributed by atoms with Crippen molar-refractivity contribution in [2.45, 2.75) is 13.5 Å². The highest BCUT2D eigenvalue weighted by Gasteiger charge is 2.12. The van der Waals surface area contributed by atoms with E-state index in [1.54, 1.807) is 44.4 Å². The minimum Gasteiger partial charge on any atom is -0.493 e. The second-order valence-electron chi connectivity index (χ2n) is 7.12. The molecule has 0 saturated carbocycles. The number of fused-ring (bicyclic) bond motifs is 1. The topological polar surface area (TPSA) is 89.5 Å². The molecule has 4 aromatic rings. The average Bonchev–Trinajstić information content (AvgIpc) is 2.83. The van der Waals surface area contributed by atoms with Crippen LogP contribution in [-0.4, -0.2) is 23.0 Å². The molecule has 1 heterocycles. The number of methoxy groups -OCH3 is 1. The third-order valence-electron chi connectivity index (χ3n) is 5.02. The first-order chi connectivity index (χ1) is 16.0. The lowest BCUT2D eigenvalue weighted by molar-refractivity contribution is 0.284. The molecule has 3 aromatic carbocycles. The van der Waals surface area contributed by atoms with Crippen LogP contribution in [0.25, 0.3) is 10.9 Å². The molecule has 33 heavy (non-hydrogen) atoms. The number of halogens is 1. The van der Waals surface area contributed by atoms with Crippen LogP contribution < -0.4 is 15.0 Å². The van der Waals surface area contributed by atoms with Gasteiger partial charge in [-0.05, 0) is 43.3 Å². The van der Waals surface area contributed by atoms with Crippen LogP contribution in [0.1, 0.15) is 22.5 Å². The number of rotatable bonds is 6. The molecule has 1 aromatic heterocycles. The molecule has 8 heteroatoms. The second-order valence-corrected chi connectivity index (χ2v) is 8.03. The third kappa shape index (κ3) is 4.64. The Hall–Kier alpha value is -3.96. The van der Waals surface area contributed by atoms with E-state index in [-0.39, 0.29) is 12.2 Å². The molecule has 0 radical (unpaired) electrons. The number of hydrogen-bond acceptors (Lipinski definition) is 6. The van der Waals surface area contributed by atoms with E-state index in [9.17, 15) is 10.1 Å². The van der Waals surface area contributed by atoms with Crippen LogP contribution in [0.2, 0.25) is 0 Å². The van der Waals surface area contributed by atoms with Gasteiger partial charge in [0.15, 0.2) is 11.5 Å². The van der Waals surface area contributed by atoms with Gasteiger partial charge < -0.3 is 9.47 Å². The quantitative estimate of drug-likeness (QED) is 0.353. The minimum atomic E-state index is -0.275. The molecule has 164 valence electrons. The van der Waals surface area contributed by atoms with Crippen LogP contribution in [0.15, 0.2) is 75.0 Å². The van der Waals surface area contributed by atoms with Crippen LogP contribution in [0, 0.1) is 18.3 Å². The molecule has 0 fully saturated rings. The molecule has 0 bridgehead atoms. The van der Waals surface area contributed by atoms with Crippen LogP contribution in [0.3, 0.4) is 0 Å². The lowest BCUT2D eigenvalue weighted by atomic mass is 10.1. The Kier molecular flexibility index (Phi) is 6.52. The van der Waals surface area contributed by atoms with E-state index in [1.807, 2.05) is 30.3 Å². The highest BCUT2D eigenvalue weighted by atomic mass is 79.9. The van der Waals surface area contributed by atoms with Gasteiger partial charge in [-0.15, -0.1) is 0 Å². The van der Waals surface area contributed by atoms with Gasteiger partial charge in [0.05, 0.1) is 35.9 Å². The first-order valence-electron chi connectivity index (χ1n) is 10.0. The normalized spacial score (nSPS) is 11.0. The maximum atomic E-state index is 13.0. The minimum absolute atomic E-state index is 0.176. The molecule has 0 amide bonds. The summed E-state index contributed by atoms with van der Waals surface area (Å²) in [4.78, 5) is 17.5. The number of benzene rings is 3. The van der Waals surface area contributed by atoms with Gasteiger partial charge in [-0.25, -0.2) is 4.98 Å². The molecular weight excluding hydrogens is 484 g/mol. The average molecular weight is 503 g/mol. The fourth-order valence-corrected chi connectivity index (χ4v) is 3.73. The fraction of sp³-hybridized carbons (Fsp3) is 0.120. The largest absolute Gasteiger partial charge is 0.493 e. The molecule has 0 unspecified atom stereocenters. The standard InChI is InChI=1S/C25H19BrN4O3/c1-16-29-22-11-10-20(26)12-21(22)25(31)30(16)28-14-18-8-5-9-23(32-2)24(18)33-15-19-7-4-3-6-17(19)13-27/h3-12,14H,15H2,1-2H3. The Balaban J connectivity index is 1.72. The van der Waals surface area contributed by atoms with Gasteiger partial charge in [-0.1, -0.05) is 40.2 Å². The smallest absolute Gasteiger partial charge is 0.282 e. The summed E-state index contributed by atoms with van der Waals surface area (Å²) in [7, 11) is 1.55. The van der Waals surface area contributed by atoms with Crippen LogP contribution in [0.4, 0.5) is 0 Å². The van der Waals surface area contributed by atoms with Crippen molar-refractivity contribution in [3.8, 4) is 17.6 Å². The van der Waals surface area contributed by atoms with E-state index in [0.29, 0.717) is 39.4 Å². The summed E-state index contributed by atoms with van der Waals surface area (Å²) in [5.41, 5.74) is 2.24. The number of para-hydroxylation sites is 1. The Labute approximate surface area is 198 Å². The van der Waals surface area contributed by atoms with E-state index >= 15 is 0 Å². The number of nitrogens with zero attached hydrogens (tertiary/aromatic N) is 4. The van der Waals surface area contributed by atoms with Crippen molar-refractivity contribution in [1.29, 1.82) is 5.26 Å². The Morgan fingerprint density at radius 2 is 2.00 bits per heavy atom. The van der Waals surface area contributed by atoms with E-state index in [2.05, 4.69) is 32.1 Å². The molecular formula is C25H19BrN4O3. The van der Waals surface area contributed by atoms with E-state index in [4.69, 9.17) is 9.47 Å². The lowest BCUT2D eigenvalue weighted by Crippen LogP contribution is -2.20. The van der Waals surface area contributed by atoms with Crippen molar-refractivity contribution in [2.24, 2.45) is 5.10 Å². The maximum absolute atomic E-state index is 13.0. The summed E-state index contributed by atoms with van der Waals surface area (Å²) in [6.07, 6.45) is 1.54. The number of aromatic nitrogens is 2. The van der Waals surface area contributed by atoms with Gasteiger partial charge in [-0.2, -0.15) is 15.0 Å². The summed E-state index contributed by atoms with van der Waals surface area (Å²) >= 11 is 3.39. The molecule has 0 saturated heterocycles. The predicted molar refractivity (Wildman–Crippen MR) is 130 cm³/mol. The highest BCUT2D eigenvalue weighted by Crippen LogP contribution is 2.31. The fourth-order valence-electron chi connectivity index (χ4n) is 3.37. The zero-order valence-corrected chi connectivity index (χ0v) is 19.5. The molecule has 0 N–H and O–H groups in total. The zero-order chi connectivity index (χ0) is 23.4. The number of nitriles is 1. The number of aryl methyl sites for hydroxylation is 1. The monoisotopic (exact) mass is 502 g/mol. The van der Waals surface area contributed by atoms with Crippen molar-refractivity contribution in [3.05, 3.63) is 98.0 Å². The van der Waals surface area contributed by atoms with Crippen LogP contribution in [-0.2, 0) is 6.61 Å². The third-order valence-corrected chi connectivity index (χ3v) is 5.51. The Morgan fingerprint density at radius 3 is 2.79 bits per heavy atom. The second kappa shape index (κ2) is 9.67. The summed E-state index contributed by atoms with van der Waals surface area (Å²) < 4.78 is 13.5. The zero-order valence-electron chi connectivity index (χ0n) is 17.9. The summed E-state index contributed by atoms with van der Waals surface area (Å²) in [6.45, 7) is 1.90. The Morgan fingerprint density at radius 1 is 1.18 bits per heavy atom. The summed E-state index contributed by atoms with van der Waals surface area (Å²) in [5.74, 6) is 1.43. The molecule has 0 aliphatic rings. The van der Waals surface area contributed by atoms with Gasteiger partial charge in [0.25, 0.3) is 5.56 Å². The predicted octanol–water partition coefficient (Wildman–Crippen LogP) is 4.81. The first kappa shape index (κ1) is 22.2. The molecule has 4 rings (SSSR count). The van der Waals surface area contributed by atoms with Crippen molar-refractivity contribution >= 4 is 33.0 Å². The SMILES string of the molecule is COc1cccc(C=Nn2c(C)nc3ccc(Br)cc3c2=O)c1OCc1ccccc1C#N. The van der Waals surface area contributed by atoms with Crippen LogP contribution >= 0.6 is 15.9 Å². The highest BCUT2D eigenvalue weighted by molar-refractivity contribution is 9.10. The van der Waals surface area contributed by atoms with Gasteiger partial charge in [0.2, 0.25) is 0 Å². The molecule has 0 aliphatic carbocycles. The van der Waals surface area contributed by atoms with Crippen molar-refractivity contribution in [3.63, 3.8) is 0 Å². The van der Waals surface area contributed by atoms with Gasteiger partial charge in [-0.3, -0.25) is 4.79 Å². The molecule has 0 atom stereocenters. The molecule has 0 aliphatic heterocycles. The molecule has 0 spiro atoms. The van der Waals surface area contributed by atoms with E-state index < -0.39 is 0 Å². The van der Waals surface area contributed by atoms with E-state index in [1.165, 1.54) is 10.9 Å².